The van der Waals surface area contributed by atoms with Gasteiger partial charge in [-0.3, -0.25) is 0 Å². The van der Waals surface area contributed by atoms with Gasteiger partial charge >= 0.3 is 0 Å². The molecule has 0 amide bonds. The Hall–Kier alpha value is -2.50. The molecule has 0 unspecified atom stereocenters. The van der Waals surface area contributed by atoms with Gasteiger partial charge in [-0.15, -0.1) is 5.10 Å². The highest BCUT2D eigenvalue weighted by molar-refractivity contribution is 5.75. The van der Waals surface area contributed by atoms with E-state index in [9.17, 15) is 0 Å². The van der Waals surface area contributed by atoms with E-state index in [0.29, 0.717) is 17.5 Å². The Bertz CT molecular complexity index is 731. The van der Waals surface area contributed by atoms with E-state index in [1.807, 2.05) is 38.1 Å². The molecule has 0 bridgehead atoms. The number of aromatic nitrogens is 5. The SMILES string of the molecule is CC(C)c1nc(N)cc(-n2nnc3ccccc32)n1. The van der Waals surface area contributed by atoms with Gasteiger partial charge < -0.3 is 5.73 Å². The first-order chi connectivity index (χ1) is 9.15. The van der Waals surface area contributed by atoms with Crippen LogP contribution in [-0.2, 0) is 0 Å². The predicted octanol–water partition coefficient (Wildman–Crippen LogP) is 1.92. The highest BCUT2D eigenvalue weighted by atomic mass is 15.4. The van der Waals surface area contributed by atoms with E-state index in [1.54, 1.807) is 10.7 Å². The summed E-state index contributed by atoms with van der Waals surface area (Å²) in [6, 6.07) is 9.42. The van der Waals surface area contributed by atoms with E-state index in [0.717, 1.165) is 11.0 Å². The van der Waals surface area contributed by atoms with Gasteiger partial charge in [0, 0.05) is 12.0 Å². The van der Waals surface area contributed by atoms with Crippen molar-refractivity contribution in [1.82, 2.24) is 25.0 Å². The fourth-order valence-electron chi connectivity index (χ4n) is 1.88. The predicted molar refractivity (Wildman–Crippen MR) is 73.0 cm³/mol. The maximum atomic E-state index is 5.83. The molecule has 0 aliphatic carbocycles. The first-order valence-electron chi connectivity index (χ1n) is 6.10. The largest absolute Gasteiger partial charge is 0.384 e. The van der Waals surface area contributed by atoms with Crippen molar-refractivity contribution >= 4 is 16.9 Å². The lowest BCUT2D eigenvalue weighted by atomic mass is 10.2. The lowest BCUT2D eigenvalue weighted by Crippen LogP contribution is -2.08. The van der Waals surface area contributed by atoms with Gasteiger partial charge in [0.2, 0.25) is 0 Å². The molecule has 0 aliphatic heterocycles. The molecule has 1 aromatic carbocycles. The third kappa shape index (κ3) is 2.01. The third-order valence-electron chi connectivity index (χ3n) is 2.83. The van der Waals surface area contributed by atoms with E-state index < -0.39 is 0 Å². The van der Waals surface area contributed by atoms with Crippen molar-refractivity contribution < 1.29 is 0 Å². The molecule has 0 radical (unpaired) electrons. The minimum Gasteiger partial charge on any atom is -0.384 e. The van der Waals surface area contributed by atoms with Crippen LogP contribution in [-0.4, -0.2) is 25.0 Å². The average Bonchev–Trinajstić information content (AvgIpc) is 2.81. The molecule has 0 fully saturated rings. The van der Waals surface area contributed by atoms with E-state index in [1.165, 1.54) is 0 Å². The average molecular weight is 254 g/mol. The maximum absolute atomic E-state index is 5.83. The number of hydrogen-bond donors (Lipinski definition) is 1. The second kappa shape index (κ2) is 4.31. The van der Waals surface area contributed by atoms with Crippen molar-refractivity contribution in [3.8, 4) is 5.82 Å². The molecule has 0 saturated carbocycles. The smallest absolute Gasteiger partial charge is 0.161 e. The van der Waals surface area contributed by atoms with Crippen LogP contribution in [0.1, 0.15) is 25.6 Å². The number of hydrogen-bond acceptors (Lipinski definition) is 5. The highest BCUT2D eigenvalue weighted by Gasteiger charge is 2.11. The zero-order valence-electron chi connectivity index (χ0n) is 10.8. The number of nitrogen functional groups attached to an aromatic ring is 1. The zero-order valence-corrected chi connectivity index (χ0v) is 10.8. The standard InChI is InChI=1S/C13H14N6/c1-8(2)13-15-11(14)7-12(16-13)19-10-6-4-3-5-9(10)17-18-19/h3-8H,1-2H3,(H2,14,15,16). The van der Waals surface area contributed by atoms with E-state index in [2.05, 4.69) is 20.3 Å². The first-order valence-corrected chi connectivity index (χ1v) is 6.10. The quantitative estimate of drug-likeness (QED) is 0.755. The summed E-state index contributed by atoms with van der Waals surface area (Å²) in [5.41, 5.74) is 7.56. The molecule has 0 atom stereocenters. The summed E-state index contributed by atoms with van der Waals surface area (Å²) >= 11 is 0. The Balaban J connectivity index is 2.21. The molecule has 0 spiro atoms. The number of nitrogens with zero attached hydrogens (tertiary/aromatic N) is 5. The molecule has 96 valence electrons. The molecule has 3 rings (SSSR count). The second-order valence-corrected chi connectivity index (χ2v) is 4.65. The number of benzene rings is 1. The summed E-state index contributed by atoms with van der Waals surface area (Å²) in [5.74, 6) is 1.99. The Morgan fingerprint density at radius 3 is 2.74 bits per heavy atom. The summed E-state index contributed by atoms with van der Waals surface area (Å²) in [5, 5.41) is 8.24. The van der Waals surface area contributed by atoms with E-state index in [4.69, 9.17) is 5.73 Å². The number of nitrogens with two attached hydrogens (primary N) is 1. The van der Waals surface area contributed by atoms with Gasteiger partial charge in [-0.05, 0) is 12.1 Å². The van der Waals surface area contributed by atoms with Gasteiger partial charge in [0.25, 0.3) is 0 Å². The Kier molecular flexibility index (Phi) is 2.63. The molecular formula is C13H14N6. The first kappa shape index (κ1) is 11.6. The van der Waals surface area contributed by atoms with Crippen LogP contribution in [0.2, 0.25) is 0 Å². The molecule has 2 aromatic heterocycles. The second-order valence-electron chi connectivity index (χ2n) is 4.65. The summed E-state index contributed by atoms with van der Waals surface area (Å²) in [6.07, 6.45) is 0. The lowest BCUT2D eigenvalue weighted by molar-refractivity contribution is 0.739. The third-order valence-corrected chi connectivity index (χ3v) is 2.83. The Labute approximate surface area is 110 Å². The van der Waals surface area contributed by atoms with Crippen molar-refractivity contribution in [1.29, 1.82) is 0 Å². The molecule has 0 aliphatic rings. The Morgan fingerprint density at radius 2 is 1.95 bits per heavy atom. The molecule has 3 aromatic rings. The van der Waals surface area contributed by atoms with Crippen LogP contribution in [0.15, 0.2) is 30.3 Å². The van der Waals surface area contributed by atoms with Gasteiger partial charge in [-0.1, -0.05) is 31.2 Å². The summed E-state index contributed by atoms with van der Waals surface area (Å²) in [6.45, 7) is 4.05. The van der Waals surface area contributed by atoms with Crippen LogP contribution in [0.3, 0.4) is 0 Å². The number of rotatable bonds is 2. The molecular weight excluding hydrogens is 240 g/mol. The maximum Gasteiger partial charge on any atom is 0.161 e. The number of anilines is 1. The summed E-state index contributed by atoms with van der Waals surface area (Å²) in [4.78, 5) is 8.72. The Morgan fingerprint density at radius 1 is 1.16 bits per heavy atom. The van der Waals surface area contributed by atoms with Crippen LogP contribution in [0.5, 0.6) is 0 Å². The van der Waals surface area contributed by atoms with Crippen molar-refractivity contribution in [2.75, 3.05) is 5.73 Å². The topological polar surface area (TPSA) is 82.5 Å². The van der Waals surface area contributed by atoms with Gasteiger partial charge in [0.05, 0.1) is 5.52 Å². The monoisotopic (exact) mass is 254 g/mol. The molecule has 19 heavy (non-hydrogen) atoms. The van der Waals surface area contributed by atoms with Crippen LogP contribution in [0.4, 0.5) is 5.82 Å². The summed E-state index contributed by atoms with van der Waals surface area (Å²) in [7, 11) is 0. The molecule has 2 N–H and O–H groups in total. The van der Waals surface area contributed by atoms with E-state index in [-0.39, 0.29) is 5.92 Å². The van der Waals surface area contributed by atoms with Crippen LogP contribution in [0, 0.1) is 0 Å². The van der Waals surface area contributed by atoms with Crippen molar-refractivity contribution in [2.24, 2.45) is 0 Å². The van der Waals surface area contributed by atoms with Crippen LogP contribution < -0.4 is 5.73 Å². The highest BCUT2D eigenvalue weighted by Crippen LogP contribution is 2.18. The minimum atomic E-state index is 0.206. The normalized spacial score (nSPS) is 11.3. The minimum absolute atomic E-state index is 0.206. The molecule has 2 heterocycles. The van der Waals surface area contributed by atoms with Crippen molar-refractivity contribution in [3.63, 3.8) is 0 Å². The fourth-order valence-corrected chi connectivity index (χ4v) is 1.88. The van der Waals surface area contributed by atoms with Crippen molar-refractivity contribution in [2.45, 2.75) is 19.8 Å². The number of para-hydroxylation sites is 1. The molecule has 6 nitrogen and oxygen atoms in total. The van der Waals surface area contributed by atoms with Crippen molar-refractivity contribution in [3.05, 3.63) is 36.2 Å². The van der Waals surface area contributed by atoms with Crippen LogP contribution in [0.25, 0.3) is 16.9 Å². The van der Waals surface area contributed by atoms with Gasteiger partial charge in [-0.2, -0.15) is 4.68 Å². The van der Waals surface area contributed by atoms with Gasteiger partial charge in [0.1, 0.15) is 17.2 Å². The molecule has 0 saturated heterocycles. The number of fused-ring (bicyclic) bond motifs is 1. The zero-order chi connectivity index (χ0) is 13.4. The summed E-state index contributed by atoms with van der Waals surface area (Å²) < 4.78 is 1.68. The fraction of sp³-hybridized carbons (Fsp3) is 0.231. The lowest BCUT2D eigenvalue weighted by Gasteiger charge is -2.08. The van der Waals surface area contributed by atoms with Gasteiger partial charge in [-0.25, -0.2) is 9.97 Å². The van der Waals surface area contributed by atoms with Crippen LogP contribution >= 0.6 is 0 Å². The van der Waals surface area contributed by atoms with E-state index >= 15 is 0 Å². The van der Waals surface area contributed by atoms with Gasteiger partial charge in [0.15, 0.2) is 5.82 Å². The molecule has 6 heteroatoms.